The van der Waals surface area contributed by atoms with Crippen LogP contribution in [0, 0.1) is 32.1 Å². The zero-order valence-electron chi connectivity index (χ0n) is 11.0. The van der Waals surface area contributed by atoms with Crippen LogP contribution in [0.15, 0.2) is 32.1 Å². The zero-order valence-corrected chi connectivity index (χ0v) is 12.6. The normalized spacial score (nSPS) is 10.9. The van der Waals surface area contributed by atoms with Crippen LogP contribution in [0.1, 0.15) is 28.0 Å². The van der Waals surface area contributed by atoms with Crippen molar-refractivity contribution in [3.63, 3.8) is 0 Å². The molecule has 0 aliphatic heterocycles. The number of furan rings is 1. The first-order valence-electron chi connectivity index (χ1n) is 5.83. The Morgan fingerprint density at radius 1 is 1.32 bits per heavy atom. The fourth-order valence-electron chi connectivity index (χ4n) is 1.65. The lowest BCUT2D eigenvalue weighted by molar-refractivity contribution is 0.542. The van der Waals surface area contributed by atoms with Crippen LogP contribution in [-0.2, 0) is 0 Å². The van der Waals surface area contributed by atoms with Gasteiger partial charge in [-0.25, -0.2) is 4.99 Å². The van der Waals surface area contributed by atoms with E-state index < -0.39 is 0 Å². The molecule has 4 heteroatoms. The lowest BCUT2D eigenvalue weighted by Gasteiger charge is -1.98. The molecule has 19 heavy (non-hydrogen) atoms. The molecule has 0 aliphatic carbocycles. The van der Waals surface area contributed by atoms with Gasteiger partial charge in [0.1, 0.15) is 17.4 Å². The molecule has 2 aromatic rings. The van der Waals surface area contributed by atoms with Gasteiger partial charge in [-0.1, -0.05) is 28.1 Å². The highest BCUT2D eigenvalue weighted by atomic mass is 79.9. The molecule has 0 radical (unpaired) electrons. The molecular formula is C15H13BrN2O. The van der Waals surface area contributed by atoms with Crippen LogP contribution in [0.3, 0.4) is 0 Å². The van der Waals surface area contributed by atoms with Crippen LogP contribution in [0.2, 0.25) is 0 Å². The summed E-state index contributed by atoms with van der Waals surface area (Å²) >= 11 is 3.48. The fourth-order valence-corrected chi connectivity index (χ4v) is 2.05. The summed E-state index contributed by atoms with van der Waals surface area (Å²) in [5, 5.41) is 9.10. The summed E-state index contributed by atoms with van der Waals surface area (Å²) in [5.74, 6) is 1.10. The third kappa shape index (κ3) is 2.77. The quantitative estimate of drug-likeness (QED) is 0.761. The Morgan fingerprint density at radius 3 is 2.68 bits per heavy atom. The zero-order chi connectivity index (χ0) is 14.0. The average Bonchev–Trinajstić information content (AvgIpc) is 2.66. The van der Waals surface area contributed by atoms with E-state index >= 15 is 0 Å². The van der Waals surface area contributed by atoms with Gasteiger partial charge in [0, 0.05) is 16.3 Å². The van der Waals surface area contributed by atoms with E-state index in [9.17, 15) is 0 Å². The Kier molecular flexibility index (Phi) is 3.87. The van der Waals surface area contributed by atoms with Crippen molar-refractivity contribution < 1.29 is 4.42 Å². The lowest BCUT2D eigenvalue weighted by atomic mass is 10.1. The van der Waals surface area contributed by atoms with E-state index in [2.05, 4.69) is 27.0 Å². The summed E-state index contributed by atoms with van der Waals surface area (Å²) in [6, 6.07) is 8.08. The van der Waals surface area contributed by atoms with Crippen LogP contribution in [0.25, 0.3) is 0 Å². The van der Waals surface area contributed by atoms with Crippen molar-refractivity contribution in [2.24, 2.45) is 4.99 Å². The summed E-state index contributed by atoms with van der Waals surface area (Å²) in [7, 11) is 0. The van der Waals surface area contributed by atoms with Gasteiger partial charge in [-0.15, -0.1) is 0 Å². The van der Waals surface area contributed by atoms with Gasteiger partial charge in [0.25, 0.3) is 0 Å². The smallest absolute Gasteiger partial charge is 0.237 e. The summed E-state index contributed by atoms with van der Waals surface area (Å²) in [6.45, 7) is 5.72. The van der Waals surface area contributed by atoms with Crippen molar-refractivity contribution in [1.82, 2.24) is 0 Å². The Balaban J connectivity index is 2.35. The van der Waals surface area contributed by atoms with Gasteiger partial charge in [-0.3, -0.25) is 0 Å². The van der Waals surface area contributed by atoms with E-state index in [0.717, 1.165) is 21.4 Å². The van der Waals surface area contributed by atoms with E-state index in [-0.39, 0.29) is 0 Å². The number of benzene rings is 1. The molecule has 1 heterocycles. The number of nitriles is 1. The first kappa shape index (κ1) is 13.6. The molecule has 0 saturated heterocycles. The van der Waals surface area contributed by atoms with Crippen molar-refractivity contribution in [2.75, 3.05) is 0 Å². The summed E-state index contributed by atoms with van der Waals surface area (Å²) < 4.78 is 6.51. The van der Waals surface area contributed by atoms with Gasteiger partial charge in [-0.2, -0.15) is 5.26 Å². The largest absolute Gasteiger partial charge is 0.442 e. The maximum atomic E-state index is 9.10. The number of aryl methyl sites for hydroxylation is 2. The van der Waals surface area contributed by atoms with E-state index in [4.69, 9.17) is 9.68 Å². The van der Waals surface area contributed by atoms with Gasteiger partial charge in [-0.05, 0) is 38.0 Å². The third-order valence-electron chi connectivity index (χ3n) is 3.01. The van der Waals surface area contributed by atoms with Crippen molar-refractivity contribution in [3.05, 3.63) is 50.7 Å². The van der Waals surface area contributed by atoms with E-state index in [1.54, 1.807) is 6.21 Å². The minimum Gasteiger partial charge on any atom is -0.442 e. The number of hydrogen-bond acceptors (Lipinski definition) is 3. The fraction of sp³-hybridized carbons (Fsp3) is 0.200. The maximum Gasteiger partial charge on any atom is 0.237 e. The first-order chi connectivity index (χ1) is 9.02. The molecule has 2 rings (SSSR count). The first-order valence-corrected chi connectivity index (χ1v) is 6.62. The number of halogens is 1. The van der Waals surface area contributed by atoms with Crippen molar-refractivity contribution in [2.45, 2.75) is 20.8 Å². The van der Waals surface area contributed by atoms with Crippen molar-refractivity contribution in [3.8, 4) is 6.07 Å². The molecule has 0 saturated carbocycles. The van der Waals surface area contributed by atoms with Gasteiger partial charge < -0.3 is 4.42 Å². The predicted molar refractivity (Wildman–Crippen MR) is 79.0 cm³/mol. The average molecular weight is 317 g/mol. The van der Waals surface area contributed by atoms with Crippen molar-refractivity contribution in [1.29, 1.82) is 5.26 Å². The number of aliphatic imine (C=N–C) groups is 1. The van der Waals surface area contributed by atoms with Crippen LogP contribution >= 0.6 is 15.9 Å². The van der Waals surface area contributed by atoms with Crippen LogP contribution in [0.4, 0.5) is 5.88 Å². The number of nitrogens with zero attached hydrogens (tertiary/aromatic N) is 2. The molecule has 1 aromatic heterocycles. The van der Waals surface area contributed by atoms with Crippen molar-refractivity contribution >= 4 is 28.0 Å². The van der Waals surface area contributed by atoms with E-state index in [1.165, 1.54) is 5.56 Å². The third-order valence-corrected chi connectivity index (χ3v) is 3.86. The minimum atomic E-state index is 0.370. The van der Waals surface area contributed by atoms with Gasteiger partial charge in [0.2, 0.25) is 5.88 Å². The summed E-state index contributed by atoms with van der Waals surface area (Å²) in [4.78, 5) is 4.26. The van der Waals surface area contributed by atoms with Crippen LogP contribution < -0.4 is 0 Å². The molecule has 0 aliphatic rings. The Labute approximate surface area is 120 Å². The molecule has 0 N–H and O–H groups in total. The molecule has 0 spiro atoms. The molecule has 0 atom stereocenters. The maximum absolute atomic E-state index is 9.10. The highest BCUT2D eigenvalue weighted by Crippen LogP contribution is 2.28. The van der Waals surface area contributed by atoms with Crippen LogP contribution in [0.5, 0.6) is 0 Å². The second-order valence-corrected chi connectivity index (χ2v) is 5.20. The monoisotopic (exact) mass is 316 g/mol. The predicted octanol–water partition coefficient (Wildman–Crippen LogP) is 4.59. The number of hydrogen-bond donors (Lipinski definition) is 0. The number of rotatable bonds is 2. The van der Waals surface area contributed by atoms with E-state index in [0.29, 0.717) is 11.4 Å². The Bertz CT molecular complexity index is 693. The lowest BCUT2D eigenvalue weighted by Crippen LogP contribution is -1.83. The highest BCUT2D eigenvalue weighted by molar-refractivity contribution is 9.10. The minimum absolute atomic E-state index is 0.370. The highest BCUT2D eigenvalue weighted by Gasteiger charge is 2.12. The molecule has 0 fully saturated rings. The van der Waals surface area contributed by atoms with Crippen LogP contribution in [-0.4, -0.2) is 6.21 Å². The van der Waals surface area contributed by atoms with Gasteiger partial charge in [0.15, 0.2) is 0 Å². The van der Waals surface area contributed by atoms with E-state index in [1.807, 2.05) is 39.0 Å². The molecule has 0 amide bonds. The molecule has 0 bridgehead atoms. The molecule has 96 valence electrons. The topological polar surface area (TPSA) is 49.3 Å². The Hall–Kier alpha value is -1.86. The molecule has 0 unspecified atom stereocenters. The molecular weight excluding hydrogens is 304 g/mol. The molecule has 3 nitrogen and oxygen atoms in total. The second-order valence-electron chi connectivity index (χ2n) is 4.34. The standard InChI is InChI=1S/C15H13BrN2O/c1-9-4-5-12(6-14(9)16)8-18-15-13(7-17)10(2)11(3)19-15/h4-6,8H,1-3H3. The van der Waals surface area contributed by atoms with Gasteiger partial charge >= 0.3 is 0 Å². The summed E-state index contributed by atoms with van der Waals surface area (Å²) in [5.41, 5.74) is 3.47. The Morgan fingerprint density at radius 2 is 2.05 bits per heavy atom. The second kappa shape index (κ2) is 5.41. The SMILES string of the molecule is Cc1ccc(C=Nc2oc(C)c(C)c2C#N)cc1Br. The molecule has 1 aromatic carbocycles. The summed E-state index contributed by atoms with van der Waals surface area (Å²) in [6.07, 6.45) is 1.70. The van der Waals surface area contributed by atoms with Gasteiger partial charge in [0.05, 0.1) is 0 Å².